The van der Waals surface area contributed by atoms with E-state index in [-0.39, 0.29) is 25.4 Å². The number of rotatable bonds is 4. The Kier molecular flexibility index (Phi) is 4.42. The highest BCUT2D eigenvalue weighted by Crippen LogP contribution is 2.32. The molecule has 1 aliphatic rings. The third-order valence-corrected chi connectivity index (χ3v) is 5.17. The third-order valence-electron chi connectivity index (χ3n) is 3.18. The van der Waals surface area contributed by atoms with Crippen molar-refractivity contribution in [3.05, 3.63) is 28.3 Å². The first-order chi connectivity index (χ1) is 9.89. The average molecular weight is 317 g/mol. The Bertz CT molecular complexity index is 647. The molecule has 1 saturated heterocycles. The lowest BCUT2D eigenvalue weighted by Crippen LogP contribution is -2.50. The van der Waals surface area contributed by atoms with E-state index < -0.39 is 38.2 Å². The lowest BCUT2D eigenvalue weighted by molar-refractivity contribution is -0.386. The highest BCUT2D eigenvalue weighted by Gasteiger charge is 2.38. The van der Waals surface area contributed by atoms with E-state index in [0.29, 0.717) is 0 Å². The Hall–Kier alpha value is -1.75. The van der Waals surface area contributed by atoms with Gasteiger partial charge in [0, 0.05) is 6.54 Å². The molecule has 0 aromatic heterocycles. The van der Waals surface area contributed by atoms with Gasteiger partial charge in [-0.2, -0.15) is 4.31 Å². The smallest absolute Gasteiger partial charge is 0.312 e. The Balaban J connectivity index is 2.54. The summed E-state index contributed by atoms with van der Waals surface area (Å²) in [5.41, 5.74) is 4.64. The van der Waals surface area contributed by atoms with Gasteiger partial charge in [-0.3, -0.25) is 10.1 Å². The number of hydrogen-bond acceptors (Lipinski definition) is 7. The van der Waals surface area contributed by atoms with Crippen LogP contribution in [-0.2, 0) is 14.8 Å². The van der Waals surface area contributed by atoms with Gasteiger partial charge in [0.1, 0.15) is 5.69 Å². The maximum absolute atomic E-state index is 12.6. The van der Waals surface area contributed by atoms with Gasteiger partial charge in [0.15, 0.2) is 4.90 Å². The van der Waals surface area contributed by atoms with Gasteiger partial charge in [-0.05, 0) is 12.1 Å². The quantitative estimate of drug-likeness (QED) is 0.436. The zero-order valence-corrected chi connectivity index (χ0v) is 11.8. The van der Waals surface area contributed by atoms with Crippen molar-refractivity contribution >= 4 is 21.4 Å². The molecule has 1 unspecified atom stereocenters. The van der Waals surface area contributed by atoms with Gasteiger partial charge >= 0.3 is 5.69 Å². The standard InChI is InChI=1S/C11H15N3O6S/c12-9-2-1-3-10(11(9)14(16)17)21(18,19)13-4-5-20-7-8(13)6-15/h1-3,8,15H,4-7,12H2. The summed E-state index contributed by atoms with van der Waals surface area (Å²) in [6.07, 6.45) is 0. The number of nitro groups is 1. The van der Waals surface area contributed by atoms with Gasteiger partial charge in [0.25, 0.3) is 0 Å². The molecule has 21 heavy (non-hydrogen) atoms. The monoisotopic (exact) mass is 317 g/mol. The molecule has 1 heterocycles. The van der Waals surface area contributed by atoms with Crippen molar-refractivity contribution in [2.45, 2.75) is 10.9 Å². The number of benzene rings is 1. The summed E-state index contributed by atoms with van der Waals surface area (Å²) in [4.78, 5) is 9.79. The van der Waals surface area contributed by atoms with Crippen LogP contribution in [-0.4, -0.2) is 55.2 Å². The van der Waals surface area contributed by atoms with Crippen molar-refractivity contribution in [1.82, 2.24) is 4.31 Å². The number of nitrogens with two attached hydrogens (primary N) is 1. The molecule has 116 valence electrons. The van der Waals surface area contributed by atoms with Crippen LogP contribution in [0.25, 0.3) is 0 Å². The Morgan fingerprint density at radius 1 is 1.52 bits per heavy atom. The zero-order chi connectivity index (χ0) is 15.6. The molecule has 0 bridgehead atoms. The molecule has 10 heteroatoms. The highest BCUT2D eigenvalue weighted by atomic mass is 32.2. The second kappa shape index (κ2) is 5.93. The number of anilines is 1. The van der Waals surface area contributed by atoms with Gasteiger partial charge in [-0.25, -0.2) is 8.42 Å². The number of ether oxygens (including phenoxy) is 1. The minimum atomic E-state index is -4.15. The summed E-state index contributed by atoms with van der Waals surface area (Å²) >= 11 is 0. The zero-order valence-electron chi connectivity index (χ0n) is 11.0. The molecule has 1 atom stereocenters. The molecule has 2 rings (SSSR count). The molecule has 0 saturated carbocycles. The van der Waals surface area contributed by atoms with Crippen LogP contribution in [0.15, 0.2) is 23.1 Å². The molecular weight excluding hydrogens is 302 g/mol. The molecule has 3 N–H and O–H groups in total. The van der Waals surface area contributed by atoms with Crippen LogP contribution >= 0.6 is 0 Å². The number of aliphatic hydroxyl groups is 1. The van der Waals surface area contributed by atoms with Gasteiger partial charge in [0.05, 0.1) is 30.8 Å². The average Bonchev–Trinajstić information content (AvgIpc) is 2.46. The molecule has 0 spiro atoms. The van der Waals surface area contributed by atoms with Gasteiger partial charge < -0.3 is 15.6 Å². The van der Waals surface area contributed by atoms with Gasteiger partial charge in [-0.15, -0.1) is 0 Å². The van der Waals surface area contributed by atoms with Crippen molar-refractivity contribution in [3.8, 4) is 0 Å². The van der Waals surface area contributed by atoms with Crippen molar-refractivity contribution in [1.29, 1.82) is 0 Å². The molecule has 1 aromatic rings. The number of nitrogens with zero attached hydrogens (tertiary/aromatic N) is 2. The molecule has 0 amide bonds. The summed E-state index contributed by atoms with van der Waals surface area (Å²) in [6.45, 7) is -0.230. The van der Waals surface area contributed by atoms with Gasteiger partial charge in [0.2, 0.25) is 10.0 Å². The molecule has 1 fully saturated rings. The van der Waals surface area contributed by atoms with E-state index in [1.54, 1.807) is 0 Å². The highest BCUT2D eigenvalue weighted by molar-refractivity contribution is 7.89. The molecule has 1 aromatic carbocycles. The van der Waals surface area contributed by atoms with E-state index in [9.17, 15) is 23.6 Å². The summed E-state index contributed by atoms with van der Waals surface area (Å²) in [5.74, 6) is 0. The first-order valence-electron chi connectivity index (χ1n) is 6.13. The number of nitrogen functional groups attached to an aromatic ring is 1. The van der Waals surface area contributed by atoms with Gasteiger partial charge in [-0.1, -0.05) is 6.07 Å². The maximum Gasteiger partial charge on any atom is 0.312 e. The SMILES string of the molecule is Nc1cccc(S(=O)(=O)N2CCOCC2CO)c1[N+](=O)[O-]. The van der Waals surface area contributed by atoms with Crippen LogP contribution < -0.4 is 5.73 Å². The number of nitro benzene ring substituents is 1. The van der Waals surface area contributed by atoms with Crippen LogP contribution in [0.4, 0.5) is 11.4 Å². The fourth-order valence-corrected chi connectivity index (χ4v) is 3.94. The molecule has 0 radical (unpaired) electrons. The van der Waals surface area contributed by atoms with E-state index >= 15 is 0 Å². The fraction of sp³-hybridized carbons (Fsp3) is 0.455. The van der Waals surface area contributed by atoms with Crippen LogP contribution in [0.5, 0.6) is 0 Å². The molecule has 1 aliphatic heterocycles. The van der Waals surface area contributed by atoms with Crippen molar-refractivity contribution in [3.63, 3.8) is 0 Å². The summed E-state index contributed by atoms with van der Waals surface area (Å²) in [7, 11) is -4.15. The minimum Gasteiger partial charge on any atom is -0.395 e. The number of aliphatic hydroxyl groups excluding tert-OH is 1. The van der Waals surface area contributed by atoms with E-state index in [2.05, 4.69) is 0 Å². The minimum absolute atomic E-state index is 0.0134. The summed E-state index contributed by atoms with van der Waals surface area (Å²) in [5, 5.41) is 20.4. The number of morpholine rings is 1. The van der Waals surface area contributed by atoms with Crippen molar-refractivity contribution in [2.24, 2.45) is 0 Å². The summed E-state index contributed by atoms with van der Waals surface area (Å²) in [6, 6.07) is 2.96. The lowest BCUT2D eigenvalue weighted by Gasteiger charge is -2.33. The van der Waals surface area contributed by atoms with Crippen LogP contribution in [0.2, 0.25) is 0 Å². The van der Waals surface area contributed by atoms with E-state index in [4.69, 9.17) is 10.5 Å². The van der Waals surface area contributed by atoms with Crippen LogP contribution in [0.3, 0.4) is 0 Å². The van der Waals surface area contributed by atoms with E-state index in [1.165, 1.54) is 12.1 Å². The van der Waals surface area contributed by atoms with E-state index in [1.807, 2.05) is 0 Å². The number of para-hydroxylation sites is 1. The second-order valence-electron chi connectivity index (χ2n) is 4.48. The normalized spacial score (nSPS) is 20.3. The number of hydrogen-bond donors (Lipinski definition) is 2. The van der Waals surface area contributed by atoms with Crippen LogP contribution in [0.1, 0.15) is 0 Å². The van der Waals surface area contributed by atoms with E-state index in [0.717, 1.165) is 10.4 Å². The Labute approximate surface area is 121 Å². The predicted molar refractivity (Wildman–Crippen MR) is 73.1 cm³/mol. The topological polar surface area (TPSA) is 136 Å². The van der Waals surface area contributed by atoms with Crippen molar-refractivity contribution in [2.75, 3.05) is 32.1 Å². The number of sulfonamides is 1. The first kappa shape index (κ1) is 15.6. The second-order valence-corrected chi connectivity index (χ2v) is 6.34. The third kappa shape index (κ3) is 2.83. The Morgan fingerprint density at radius 3 is 2.86 bits per heavy atom. The molecular formula is C11H15N3O6S. The largest absolute Gasteiger partial charge is 0.395 e. The molecule has 0 aliphatic carbocycles. The van der Waals surface area contributed by atoms with Crippen molar-refractivity contribution < 1.29 is 23.2 Å². The summed E-state index contributed by atoms with van der Waals surface area (Å²) < 4.78 is 31.4. The maximum atomic E-state index is 12.6. The lowest BCUT2D eigenvalue weighted by atomic mass is 10.3. The first-order valence-corrected chi connectivity index (χ1v) is 7.57. The fourth-order valence-electron chi connectivity index (χ4n) is 2.17. The van der Waals surface area contributed by atoms with Crippen LogP contribution in [0, 0.1) is 10.1 Å². The Morgan fingerprint density at radius 2 is 2.24 bits per heavy atom. The predicted octanol–water partition coefficient (Wildman–Crippen LogP) is -0.441. The molecule has 9 nitrogen and oxygen atoms in total.